The highest BCUT2D eigenvalue weighted by Gasteiger charge is 2.16. The van der Waals surface area contributed by atoms with Gasteiger partial charge in [0.15, 0.2) is 6.73 Å². The molecule has 0 aliphatic heterocycles. The minimum atomic E-state index is -0.712. The second-order valence-corrected chi connectivity index (χ2v) is 5.12. The van der Waals surface area contributed by atoms with E-state index in [9.17, 15) is 19.7 Å². The van der Waals surface area contributed by atoms with Crippen molar-refractivity contribution in [1.29, 1.82) is 0 Å². The summed E-state index contributed by atoms with van der Waals surface area (Å²) in [5.41, 5.74) is 0.0654. The van der Waals surface area contributed by atoms with Crippen LogP contribution in [0.25, 0.3) is 10.9 Å². The molecule has 0 bridgehead atoms. The summed E-state index contributed by atoms with van der Waals surface area (Å²) in [7, 11) is 0. The third-order valence-corrected chi connectivity index (χ3v) is 3.50. The number of nitro benzene ring substituents is 1. The van der Waals surface area contributed by atoms with Crippen LogP contribution in [0.1, 0.15) is 5.56 Å². The summed E-state index contributed by atoms with van der Waals surface area (Å²) >= 11 is 0. The number of carbonyl (C=O) groups excluding carboxylic acids is 1. The third kappa shape index (κ3) is 3.50. The maximum atomic E-state index is 12.2. The number of ether oxygens (including phenoxy) is 1. The van der Waals surface area contributed by atoms with Crippen molar-refractivity contribution < 1.29 is 14.5 Å². The van der Waals surface area contributed by atoms with Gasteiger partial charge in [-0.3, -0.25) is 19.7 Å². The van der Waals surface area contributed by atoms with E-state index in [1.54, 1.807) is 30.3 Å². The molecular weight excluding hydrogens is 328 g/mol. The molecule has 0 spiro atoms. The van der Waals surface area contributed by atoms with Crippen molar-refractivity contribution in [1.82, 2.24) is 15.0 Å². The first-order valence-electron chi connectivity index (χ1n) is 7.27. The fraction of sp³-hybridized carbons (Fsp3) is 0.125. The number of benzene rings is 2. The number of carbonyl (C=O) groups is 1. The van der Waals surface area contributed by atoms with E-state index in [1.165, 1.54) is 18.2 Å². The van der Waals surface area contributed by atoms with Crippen LogP contribution in [0.15, 0.2) is 53.3 Å². The summed E-state index contributed by atoms with van der Waals surface area (Å²) in [5.74, 6) is -0.712. The van der Waals surface area contributed by atoms with Crippen LogP contribution in [0, 0.1) is 10.1 Å². The summed E-state index contributed by atoms with van der Waals surface area (Å²) in [5, 5.41) is 18.9. The van der Waals surface area contributed by atoms with Crippen molar-refractivity contribution in [2.24, 2.45) is 0 Å². The Morgan fingerprint density at radius 3 is 2.68 bits per heavy atom. The summed E-state index contributed by atoms with van der Waals surface area (Å²) in [6.07, 6.45) is -0.285. The Kier molecular flexibility index (Phi) is 4.46. The van der Waals surface area contributed by atoms with E-state index in [4.69, 9.17) is 4.74 Å². The highest BCUT2D eigenvalue weighted by molar-refractivity contribution is 5.76. The molecule has 0 unspecified atom stereocenters. The first-order chi connectivity index (χ1) is 12.1. The number of nitro groups is 1. The van der Waals surface area contributed by atoms with Gasteiger partial charge in [0.2, 0.25) is 0 Å². The lowest BCUT2D eigenvalue weighted by Gasteiger charge is -2.07. The van der Waals surface area contributed by atoms with Gasteiger partial charge in [0.1, 0.15) is 5.52 Å². The van der Waals surface area contributed by atoms with Crippen LogP contribution in [0.2, 0.25) is 0 Å². The Morgan fingerprint density at radius 1 is 1.16 bits per heavy atom. The molecule has 0 saturated carbocycles. The van der Waals surface area contributed by atoms with Gasteiger partial charge < -0.3 is 4.74 Å². The average molecular weight is 340 g/mol. The van der Waals surface area contributed by atoms with Gasteiger partial charge in [-0.2, -0.15) is 4.68 Å². The van der Waals surface area contributed by atoms with Gasteiger partial charge in [-0.15, -0.1) is 5.10 Å². The van der Waals surface area contributed by atoms with Gasteiger partial charge in [0.05, 0.1) is 16.7 Å². The average Bonchev–Trinajstić information content (AvgIpc) is 2.61. The first-order valence-corrected chi connectivity index (χ1v) is 7.27. The minimum Gasteiger partial charge on any atom is -0.442 e. The molecule has 126 valence electrons. The lowest BCUT2D eigenvalue weighted by atomic mass is 10.1. The van der Waals surface area contributed by atoms with Crippen LogP contribution in [0.4, 0.5) is 5.69 Å². The Morgan fingerprint density at radius 2 is 1.88 bits per heavy atom. The zero-order valence-electron chi connectivity index (χ0n) is 12.9. The van der Waals surface area contributed by atoms with Crippen LogP contribution in [-0.4, -0.2) is 25.9 Å². The maximum Gasteiger partial charge on any atom is 0.312 e. The molecule has 0 fully saturated rings. The molecule has 9 heteroatoms. The first kappa shape index (κ1) is 16.2. The van der Waals surface area contributed by atoms with Crippen molar-refractivity contribution in [3.8, 4) is 0 Å². The van der Waals surface area contributed by atoms with Crippen LogP contribution in [0.5, 0.6) is 0 Å². The molecule has 0 N–H and O–H groups in total. The predicted octanol–water partition coefficient (Wildman–Crippen LogP) is 1.44. The van der Waals surface area contributed by atoms with Gasteiger partial charge in [0.25, 0.3) is 11.2 Å². The molecule has 0 aliphatic carbocycles. The molecular formula is C16H12N4O5. The SMILES string of the molecule is O=C(Cc1ccccc1[N+](=O)[O-])OCn1nnc2ccccc2c1=O. The summed E-state index contributed by atoms with van der Waals surface area (Å²) in [6.45, 7) is -0.421. The van der Waals surface area contributed by atoms with Crippen molar-refractivity contribution in [2.45, 2.75) is 13.2 Å². The number of hydrogen-bond acceptors (Lipinski definition) is 7. The Balaban J connectivity index is 1.72. The van der Waals surface area contributed by atoms with E-state index in [1.807, 2.05) is 0 Å². The second-order valence-electron chi connectivity index (χ2n) is 5.12. The van der Waals surface area contributed by atoms with Crippen molar-refractivity contribution in [3.63, 3.8) is 0 Å². The normalized spacial score (nSPS) is 10.6. The predicted molar refractivity (Wildman–Crippen MR) is 86.7 cm³/mol. The van der Waals surface area contributed by atoms with E-state index in [0.717, 1.165) is 4.68 Å². The van der Waals surface area contributed by atoms with Gasteiger partial charge in [-0.1, -0.05) is 35.5 Å². The molecule has 3 aromatic rings. The number of rotatable bonds is 5. The molecule has 25 heavy (non-hydrogen) atoms. The number of hydrogen-bond donors (Lipinski definition) is 0. The van der Waals surface area contributed by atoms with Crippen molar-refractivity contribution in [2.75, 3.05) is 0 Å². The zero-order valence-corrected chi connectivity index (χ0v) is 12.9. The van der Waals surface area contributed by atoms with E-state index in [-0.39, 0.29) is 17.7 Å². The Labute approximate surface area is 140 Å². The van der Waals surface area contributed by atoms with Crippen LogP contribution < -0.4 is 5.56 Å². The van der Waals surface area contributed by atoms with Crippen molar-refractivity contribution >= 4 is 22.6 Å². The Bertz CT molecular complexity index is 1010. The number of fused-ring (bicyclic) bond motifs is 1. The van der Waals surface area contributed by atoms with E-state index >= 15 is 0 Å². The fourth-order valence-electron chi connectivity index (χ4n) is 2.29. The van der Waals surface area contributed by atoms with E-state index in [2.05, 4.69) is 10.3 Å². The van der Waals surface area contributed by atoms with E-state index < -0.39 is 23.2 Å². The highest BCUT2D eigenvalue weighted by Crippen LogP contribution is 2.18. The number of para-hydroxylation sites is 1. The molecule has 0 amide bonds. The molecule has 0 aliphatic rings. The molecule has 0 radical (unpaired) electrons. The number of esters is 1. The third-order valence-electron chi connectivity index (χ3n) is 3.50. The molecule has 0 saturated heterocycles. The monoisotopic (exact) mass is 340 g/mol. The Hall–Kier alpha value is -3.62. The number of aromatic nitrogens is 3. The smallest absolute Gasteiger partial charge is 0.312 e. The maximum absolute atomic E-state index is 12.2. The molecule has 3 rings (SSSR count). The van der Waals surface area contributed by atoms with Gasteiger partial charge in [-0.05, 0) is 12.1 Å². The van der Waals surface area contributed by atoms with Gasteiger partial charge in [-0.25, -0.2) is 0 Å². The molecule has 1 heterocycles. The van der Waals surface area contributed by atoms with Crippen LogP contribution in [-0.2, 0) is 22.7 Å². The number of nitrogens with zero attached hydrogens (tertiary/aromatic N) is 4. The fourth-order valence-corrected chi connectivity index (χ4v) is 2.29. The van der Waals surface area contributed by atoms with Gasteiger partial charge >= 0.3 is 5.97 Å². The topological polar surface area (TPSA) is 117 Å². The standard InChI is InChI=1S/C16H12N4O5/c21-15(9-11-5-1-4-8-14(11)20(23)24)25-10-19-16(22)12-6-2-3-7-13(12)17-18-19/h1-8H,9-10H2. The molecule has 9 nitrogen and oxygen atoms in total. The summed E-state index contributed by atoms with van der Waals surface area (Å²) < 4.78 is 5.91. The van der Waals surface area contributed by atoms with Crippen molar-refractivity contribution in [3.05, 3.63) is 74.6 Å². The summed E-state index contributed by atoms with van der Waals surface area (Å²) in [6, 6.07) is 12.5. The van der Waals surface area contributed by atoms with Crippen LogP contribution in [0.3, 0.4) is 0 Å². The zero-order chi connectivity index (χ0) is 17.8. The molecule has 0 atom stereocenters. The highest BCUT2D eigenvalue weighted by atomic mass is 16.6. The van der Waals surface area contributed by atoms with Gasteiger partial charge in [0, 0.05) is 11.6 Å². The largest absolute Gasteiger partial charge is 0.442 e. The van der Waals surface area contributed by atoms with E-state index in [0.29, 0.717) is 10.9 Å². The lowest BCUT2D eigenvalue weighted by molar-refractivity contribution is -0.385. The van der Waals surface area contributed by atoms with Crippen LogP contribution >= 0.6 is 0 Å². The lowest BCUT2D eigenvalue weighted by Crippen LogP contribution is -2.27. The quantitative estimate of drug-likeness (QED) is 0.392. The minimum absolute atomic E-state index is 0.165. The molecule has 2 aromatic carbocycles. The summed E-state index contributed by atoms with van der Waals surface area (Å²) in [4.78, 5) is 34.5. The second kappa shape index (κ2) is 6.87. The molecule has 1 aromatic heterocycles.